The van der Waals surface area contributed by atoms with Crippen molar-refractivity contribution >= 4 is 87.7 Å². The minimum Gasteiger partial charge on any atom is -0.456 e. The zero-order valence-corrected chi connectivity index (χ0v) is 34.4. The lowest BCUT2D eigenvalue weighted by atomic mass is 9.97. The molecule has 12 aromatic rings. The fourth-order valence-electron chi connectivity index (χ4n) is 10.0. The Hall–Kier alpha value is -8.28. The van der Waals surface area contributed by atoms with Gasteiger partial charge < -0.3 is 13.9 Å². The third-order valence-electron chi connectivity index (χ3n) is 13.0. The molecule has 0 spiro atoms. The van der Waals surface area contributed by atoms with Gasteiger partial charge in [-0.2, -0.15) is 0 Å². The van der Waals surface area contributed by atoms with Crippen molar-refractivity contribution in [2.24, 2.45) is 9.98 Å². The largest absolute Gasteiger partial charge is 0.456 e. The van der Waals surface area contributed by atoms with E-state index in [1.54, 1.807) is 0 Å². The second-order valence-corrected chi connectivity index (χ2v) is 16.6. The van der Waals surface area contributed by atoms with Gasteiger partial charge in [-0.3, -0.25) is 0 Å². The van der Waals surface area contributed by atoms with E-state index in [4.69, 9.17) is 14.4 Å². The maximum Gasteiger partial charge on any atom is 0.159 e. The van der Waals surface area contributed by atoms with Crippen LogP contribution in [0.2, 0.25) is 0 Å². The summed E-state index contributed by atoms with van der Waals surface area (Å²) in [4.78, 5) is 13.5. The van der Waals surface area contributed by atoms with Gasteiger partial charge in [0.05, 0.1) is 16.7 Å². The highest BCUT2D eigenvalue weighted by Crippen LogP contribution is 2.45. The van der Waals surface area contributed by atoms with Gasteiger partial charge >= 0.3 is 0 Å². The highest BCUT2D eigenvalue weighted by Gasteiger charge is 2.33. The third-order valence-corrected chi connectivity index (χ3v) is 13.0. The van der Waals surface area contributed by atoms with Gasteiger partial charge in [0.25, 0.3) is 0 Å². The van der Waals surface area contributed by atoms with Crippen LogP contribution >= 0.6 is 0 Å². The van der Waals surface area contributed by atoms with Gasteiger partial charge in [0.1, 0.15) is 17.0 Å². The molecule has 5 nitrogen and oxygen atoms in total. The number of nitrogens with zero attached hydrogens (tertiary/aromatic N) is 4. The molecule has 0 fully saturated rings. The first-order valence-corrected chi connectivity index (χ1v) is 21.5. The van der Waals surface area contributed by atoms with Crippen LogP contribution in [0.4, 0.5) is 0 Å². The van der Waals surface area contributed by atoms with Crippen molar-refractivity contribution in [3.8, 4) is 16.8 Å². The molecule has 1 atom stereocenters. The average molecular weight is 807 g/mol. The topological polar surface area (TPSA) is 46.0 Å². The predicted octanol–water partition coefficient (Wildman–Crippen LogP) is 14.6. The summed E-state index contributed by atoms with van der Waals surface area (Å²) in [5.41, 5.74) is 10.3. The van der Waals surface area contributed by atoms with Gasteiger partial charge in [-0.25, -0.2) is 9.98 Å². The molecule has 0 N–H and O–H groups in total. The molecule has 1 unspecified atom stereocenters. The van der Waals surface area contributed by atoms with E-state index in [-0.39, 0.29) is 0 Å². The van der Waals surface area contributed by atoms with Crippen LogP contribution in [0.25, 0.3) is 92.9 Å². The summed E-state index contributed by atoms with van der Waals surface area (Å²) in [5, 5.41) is 11.7. The Kier molecular flexibility index (Phi) is 7.81. The van der Waals surface area contributed by atoms with E-state index in [9.17, 15) is 0 Å². The number of hydrogen-bond donors (Lipinski definition) is 0. The molecular formula is C58H38N4O. The third kappa shape index (κ3) is 5.56. The van der Waals surface area contributed by atoms with Crippen LogP contribution in [-0.2, 0) is 0 Å². The fourth-order valence-corrected chi connectivity index (χ4v) is 10.0. The summed E-state index contributed by atoms with van der Waals surface area (Å²) in [5.74, 6) is 1.52. The van der Waals surface area contributed by atoms with Gasteiger partial charge in [0.2, 0.25) is 0 Å². The number of fused-ring (bicyclic) bond motifs is 10. The minimum absolute atomic E-state index is 0.503. The summed E-state index contributed by atoms with van der Waals surface area (Å²) in [7, 11) is 2.13. The van der Waals surface area contributed by atoms with E-state index >= 15 is 0 Å². The van der Waals surface area contributed by atoms with Crippen LogP contribution in [0.3, 0.4) is 0 Å². The Morgan fingerprint density at radius 1 is 0.429 bits per heavy atom. The molecule has 2 aromatic heterocycles. The van der Waals surface area contributed by atoms with Crippen LogP contribution < -0.4 is 0 Å². The predicted molar refractivity (Wildman–Crippen MR) is 262 cm³/mol. The molecule has 0 amide bonds. The van der Waals surface area contributed by atoms with Gasteiger partial charge in [-0.1, -0.05) is 158 Å². The van der Waals surface area contributed by atoms with Gasteiger partial charge in [0, 0.05) is 45.3 Å². The molecule has 0 saturated heterocycles. The van der Waals surface area contributed by atoms with Gasteiger partial charge in [-0.15, -0.1) is 0 Å². The number of amidine groups is 2. The van der Waals surface area contributed by atoms with Crippen molar-refractivity contribution in [1.82, 2.24) is 9.47 Å². The molecule has 63 heavy (non-hydrogen) atoms. The van der Waals surface area contributed by atoms with Crippen LogP contribution in [0.15, 0.2) is 221 Å². The highest BCUT2D eigenvalue weighted by molar-refractivity contribution is 6.18. The van der Waals surface area contributed by atoms with Crippen LogP contribution in [0, 0.1) is 0 Å². The number of benzene rings is 10. The summed E-state index contributed by atoms with van der Waals surface area (Å²) in [6, 6.07) is 73.7. The number of para-hydroxylation sites is 2. The van der Waals surface area contributed by atoms with Gasteiger partial charge in [-0.05, 0) is 92.0 Å². The van der Waals surface area contributed by atoms with E-state index in [2.05, 4.69) is 217 Å². The molecule has 0 saturated carbocycles. The lowest BCUT2D eigenvalue weighted by Gasteiger charge is -2.34. The molecule has 3 heterocycles. The number of aliphatic imine (C=N–C) groups is 2. The molecular weight excluding hydrogens is 769 g/mol. The Labute approximate surface area is 363 Å². The summed E-state index contributed by atoms with van der Waals surface area (Å²) < 4.78 is 9.13. The fraction of sp³-hybridized carbons (Fsp3) is 0.0345. The van der Waals surface area contributed by atoms with E-state index in [0.717, 1.165) is 77.7 Å². The number of furan rings is 1. The Morgan fingerprint density at radius 3 is 1.98 bits per heavy atom. The number of hydrogen-bond acceptors (Lipinski definition) is 4. The van der Waals surface area contributed by atoms with Crippen LogP contribution in [0.1, 0.15) is 22.9 Å². The van der Waals surface area contributed by atoms with E-state index in [1.165, 1.54) is 37.7 Å². The quantitative estimate of drug-likeness (QED) is 0.163. The molecule has 1 aliphatic rings. The van der Waals surface area contributed by atoms with Crippen LogP contribution in [-0.4, -0.2) is 28.2 Å². The lowest BCUT2D eigenvalue weighted by molar-refractivity contribution is 0.384. The van der Waals surface area contributed by atoms with Crippen molar-refractivity contribution in [2.75, 3.05) is 7.05 Å². The maximum absolute atomic E-state index is 6.69. The second-order valence-electron chi connectivity index (χ2n) is 16.6. The monoisotopic (exact) mass is 806 g/mol. The highest BCUT2D eigenvalue weighted by atomic mass is 16.3. The number of aromatic nitrogens is 1. The van der Waals surface area contributed by atoms with Gasteiger partial charge in [0.15, 0.2) is 12.0 Å². The summed E-state index contributed by atoms with van der Waals surface area (Å²) in [6.07, 6.45) is -0.503. The molecule has 1 aliphatic heterocycles. The first-order chi connectivity index (χ1) is 31.1. The molecule has 0 bridgehead atoms. The average Bonchev–Trinajstić information content (AvgIpc) is 3.88. The molecule has 296 valence electrons. The number of rotatable bonds is 5. The van der Waals surface area contributed by atoms with Crippen molar-refractivity contribution in [1.29, 1.82) is 0 Å². The van der Waals surface area contributed by atoms with E-state index in [0.29, 0.717) is 5.84 Å². The normalized spacial score (nSPS) is 14.4. The molecule has 0 aliphatic carbocycles. The zero-order chi connectivity index (χ0) is 41.6. The zero-order valence-electron chi connectivity index (χ0n) is 34.4. The van der Waals surface area contributed by atoms with E-state index in [1.807, 2.05) is 6.07 Å². The first kappa shape index (κ1) is 35.5. The Bertz CT molecular complexity index is 3890. The summed E-state index contributed by atoms with van der Waals surface area (Å²) in [6.45, 7) is 0. The smallest absolute Gasteiger partial charge is 0.159 e. The molecule has 5 heteroatoms. The maximum atomic E-state index is 6.69. The van der Waals surface area contributed by atoms with Crippen molar-refractivity contribution in [2.45, 2.75) is 6.17 Å². The molecule has 10 aromatic carbocycles. The Morgan fingerprint density at radius 2 is 1.11 bits per heavy atom. The lowest BCUT2D eigenvalue weighted by Crippen LogP contribution is -2.36. The summed E-state index contributed by atoms with van der Waals surface area (Å²) >= 11 is 0. The second kappa shape index (κ2) is 13.9. The molecule has 0 radical (unpaired) electrons. The SMILES string of the molecule is CN1C(c2cccc(-c3ccccc3)c2)=NC(c2ccc3c(ccc4ccccc43)c2)=NC1c1c(-n2c3ccccc3c3cc4ccccc4cc32)ccc2oc3ccccc3c12. The standard InChI is InChI=1S/C58H38N4O/c1-61-57(43-20-13-19-38(32-43)36-14-3-2-4-15-36)59-56(42-28-29-45-41(33-42)27-26-37-16-7-8-21-44(37)45)60-58(61)55-50(30-31-53-54(55)47-23-10-12-25-52(47)63-53)62-49-24-11-9-22-46(49)48-34-39-17-5-6-18-40(39)35-51(48)62/h2-35,58H,1H3. The van der Waals surface area contributed by atoms with E-state index < -0.39 is 6.17 Å². The Balaban J connectivity index is 1.11. The van der Waals surface area contributed by atoms with Crippen molar-refractivity contribution in [3.63, 3.8) is 0 Å². The first-order valence-electron chi connectivity index (χ1n) is 21.5. The molecule has 13 rings (SSSR count). The van der Waals surface area contributed by atoms with Crippen molar-refractivity contribution < 1.29 is 4.42 Å². The van der Waals surface area contributed by atoms with Crippen LogP contribution in [0.5, 0.6) is 0 Å². The minimum atomic E-state index is -0.503. The van der Waals surface area contributed by atoms with Crippen molar-refractivity contribution in [3.05, 3.63) is 223 Å².